The Kier molecular flexibility index (Phi) is 4.75. The van der Waals surface area contributed by atoms with Crippen LogP contribution in [0.3, 0.4) is 0 Å². The van der Waals surface area contributed by atoms with E-state index in [1.807, 2.05) is 16.9 Å². The van der Waals surface area contributed by atoms with Gasteiger partial charge in [0.25, 0.3) is 0 Å². The Morgan fingerprint density at radius 2 is 2.16 bits per heavy atom. The van der Waals surface area contributed by atoms with Crippen molar-refractivity contribution in [3.8, 4) is 0 Å². The summed E-state index contributed by atoms with van der Waals surface area (Å²) < 4.78 is 1.90. The van der Waals surface area contributed by atoms with Crippen LogP contribution in [0, 0.1) is 5.92 Å². The normalized spacial score (nSPS) is 24.4. The first-order chi connectivity index (χ1) is 9.08. The van der Waals surface area contributed by atoms with Gasteiger partial charge in [-0.3, -0.25) is 9.48 Å². The quantitative estimate of drug-likeness (QED) is 0.849. The Morgan fingerprint density at radius 3 is 2.84 bits per heavy atom. The Hall–Kier alpha value is -1.16. The van der Waals surface area contributed by atoms with Crippen molar-refractivity contribution in [1.29, 1.82) is 0 Å². The standard InChI is InChI=1S/C15H25N3O/c1-11(2)18-9-8-12(17-18)10-15(19)13-6-4-3-5-7-14(13)16/h8-9,11,13-14H,3-7,10,16H2,1-2H3. The zero-order valence-electron chi connectivity index (χ0n) is 12.0. The fraction of sp³-hybridized carbons (Fsp3) is 0.733. The number of carbonyl (C=O) groups excluding carboxylic acids is 1. The predicted octanol–water partition coefficient (Wildman–Crippen LogP) is 2.48. The highest BCUT2D eigenvalue weighted by Gasteiger charge is 2.27. The second-order valence-electron chi connectivity index (χ2n) is 5.93. The molecule has 2 atom stereocenters. The van der Waals surface area contributed by atoms with Crippen LogP contribution in [0.2, 0.25) is 0 Å². The van der Waals surface area contributed by atoms with Crippen LogP contribution >= 0.6 is 0 Å². The molecular formula is C15H25N3O. The molecule has 106 valence electrons. The number of hydrogen-bond donors (Lipinski definition) is 1. The molecule has 0 bridgehead atoms. The average molecular weight is 263 g/mol. The zero-order valence-corrected chi connectivity index (χ0v) is 12.0. The van der Waals surface area contributed by atoms with E-state index in [0.29, 0.717) is 12.5 Å². The number of nitrogens with zero attached hydrogens (tertiary/aromatic N) is 2. The minimum atomic E-state index is 0.0340. The minimum Gasteiger partial charge on any atom is -0.327 e. The van der Waals surface area contributed by atoms with Crippen LogP contribution in [0.5, 0.6) is 0 Å². The summed E-state index contributed by atoms with van der Waals surface area (Å²) in [5.74, 6) is 0.301. The molecule has 0 saturated heterocycles. The molecule has 4 nitrogen and oxygen atoms in total. The molecule has 1 aliphatic carbocycles. The number of Topliss-reactive ketones (excluding diaryl/α,β-unsaturated/α-hetero) is 1. The Bertz CT molecular complexity index is 425. The fourth-order valence-corrected chi connectivity index (χ4v) is 2.80. The first-order valence-corrected chi connectivity index (χ1v) is 7.40. The third kappa shape index (κ3) is 3.66. The van der Waals surface area contributed by atoms with Crippen LogP contribution in [-0.4, -0.2) is 21.6 Å². The molecule has 1 heterocycles. The van der Waals surface area contributed by atoms with Gasteiger partial charge in [0.2, 0.25) is 0 Å². The summed E-state index contributed by atoms with van der Waals surface area (Å²) >= 11 is 0. The highest BCUT2D eigenvalue weighted by Crippen LogP contribution is 2.24. The largest absolute Gasteiger partial charge is 0.327 e. The first-order valence-electron chi connectivity index (χ1n) is 7.40. The second kappa shape index (κ2) is 6.33. The van der Waals surface area contributed by atoms with E-state index in [-0.39, 0.29) is 17.7 Å². The molecule has 1 saturated carbocycles. The highest BCUT2D eigenvalue weighted by molar-refractivity contribution is 5.83. The summed E-state index contributed by atoms with van der Waals surface area (Å²) in [6.07, 6.45) is 7.80. The van der Waals surface area contributed by atoms with Gasteiger partial charge in [-0.05, 0) is 32.8 Å². The number of hydrogen-bond acceptors (Lipinski definition) is 3. The Morgan fingerprint density at radius 1 is 1.42 bits per heavy atom. The number of carbonyl (C=O) groups is 1. The molecule has 1 aromatic heterocycles. The lowest BCUT2D eigenvalue weighted by Crippen LogP contribution is -2.35. The molecule has 0 aliphatic heterocycles. The van der Waals surface area contributed by atoms with Gasteiger partial charge in [0.05, 0.1) is 12.1 Å². The number of ketones is 1. The van der Waals surface area contributed by atoms with Gasteiger partial charge in [-0.2, -0.15) is 5.10 Å². The minimum absolute atomic E-state index is 0.0340. The molecule has 0 spiro atoms. The van der Waals surface area contributed by atoms with Gasteiger partial charge in [-0.15, -0.1) is 0 Å². The van der Waals surface area contributed by atoms with Crippen LogP contribution in [0.1, 0.15) is 57.7 Å². The van der Waals surface area contributed by atoms with Gasteiger partial charge < -0.3 is 5.73 Å². The van der Waals surface area contributed by atoms with Crippen LogP contribution < -0.4 is 5.73 Å². The van der Waals surface area contributed by atoms with Crippen LogP contribution in [0.25, 0.3) is 0 Å². The summed E-state index contributed by atoms with van der Waals surface area (Å²) in [7, 11) is 0. The van der Waals surface area contributed by atoms with E-state index in [1.165, 1.54) is 6.42 Å². The van der Waals surface area contributed by atoms with Crippen molar-refractivity contribution in [2.75, 3.05) is 0 Å². The van der Waals surface area contributed by atoms with Gasteiger partial charge in [-0.25, -0.2) is 0 Å². The van der Waals surface area contributed by atoms with Crippen LogP contribution in [0.15, 0.2) is 12.3 Å². The molecule has 2 unspecified atom stereocenters. The maximum Gasteiger partial charge on any atom is 0.143 e. The smallest absolute Gasteiger partial charge is 0.143 e. The van der Waals surface area contributed by atoms with Crippen LogP contribution in [-0.2, 0) is 11.2 Å². The fourth-order valence-electron chi connectivity index (χ4n) is 2.80. The summed E-state index contributed by atoms with van der Waals surface area (Å²) in [6, 6.07) is 2.33. The maximum absolute atomic E-state index is 12.4. The first kappa shape index (κ1) is 14.3. The summed E-state index contributed by atoms with van der Waals surface area (Å²) in [6.45, 7) is 4.17. The zero-order chi connectivity index (χ0) is 13.8. The van der Waals surface area contributed by atoms with Gasteiger partial charge in [0.15, 0.2) is 0 Å². The lowest BCUT2D eigenvalue weighted by atomic mass is 9.89. The van der Waals surface area contributed by atoms with E-state index in [4.69, 9.17) is 5.73 Å². The van der Waals surface area contributed by atoms with Gasteiger partial charge in [0, 0.05) is 24.2 Å². The molecule has 1 aromatic rings. The average Bonchev–Trinajstić information content (AvgIpc) is 2.71. The number of aromatic nitrogens is 2. The van der Waals surface area contributed by atoms with Crippen molar-refractivity contribution in [2.24, 2.45) is 11.7 Å². The van der Waals surface area contributed by atoms with E-state index in [1.54, 1.807) is 0 Å². The summed E-state index contributed by atoms with van der Waals surface area (Å²) in [4.78, 5) is 12.4. The van der Waals surface area contributed by atoms with Gasteiger partial charge in [0.1, 0.15) is 5.78 Å². The third-order valence-corrected chi connectivity index (χ3v) is 4.03. The molecular weight excluding hydrogens is 238 g/mol. The van der Waals surface area contributed by atoms with E-state index in [9.17, 15) is 4.79 Å². The van der Waals surface area contributed by atoms with Gasteiger partial charge >= 0.3 is 0 Å². The Balaban J connectivity index is 1.98. The van der Waals surface area contributed by atoms with Crippen LogP contribution in [0.4, 0.5) is 0 Å². The number of rotatable bonds is 4. The van der Waals surface area contributed by atoms with E-state index >= 15 is 0 Å². The highest BCUT2D eigenvalue weighted by atomic mass is 16.1. The van der Waals surface area contributed by atoms with Crippen molar-refractivity contribution < 1.29 is 4.79 Å². The van der Waals surface area contributed by atoms with E-state index < -0.39 is 0 Å². The maximum atomic E-state index is 12.4. The van der Waals surface area contributed by atoms with E-state index in [2.05, 4.69) is 18.9 Å². The lowest BCUT2D eigenvalue weighted by Gasteiger charge is -2.19. The Labute approximate surface area is 115 Å². The molecule has 1 fully saturated rings. The van der Waals surface area contributed by atoms with E-state index in [0.717, 1.165) is 31.4 Å². The topological polar surface area (TPSA) is 60.9 Å². The second-order valence-corrected chi connectivity index (χ2v) is 5.93. The predicted molar refractivity (Wildman–Crippen MR) is 75.9 cm³/mol. The monoisotopic (exact) mass is 263 g/mol. The summed E-state index contributed by atoms with van der Waals surface area (Å²) in [5, 5.41) is 4.45. The number of nitrogens with two attached hydrogens (primary N) is 1. The molecule has 1 aliphatic rings. The molecule has 4 heteroatoms. The molecule has 2 rings (SSSR count). The lowest BCUT2D eigenvalue weighted by molar-refractivity contribution is -0.123. The molecule has 0 amide bonds. The molecule has 0 aromatic carbocycles. The SMILES string of the molecule is CC(C)n1ccc(CC(=O)C2CCCCCC2N)n1. The molecule has 0 radical (unpaired) electrons. The van der Waals surface area contributed by atoms with Crippen molar-refractivity contribution in [3.63, 3.8) is 0 Å². The van der Waals surface area contributed by atoms with Gasteiger partial charge in [-0.1, -0.05) is 19.3 Å². The van der Waals surface area contributed by atoms with Crippen molar-refractivity contribution >= 4 is 5.78 Å². The molecule has 19 heavy (non-hydrogen) atoms. The van der Waals surface area contributed by atoms with Crippen molar-refractivity contribution in [2.45, 2.75) is 64.5 Å². The summed E-state index contributed by atoms with van der Waals surface area (Å²) in [5.41, 5.74) is 7.01. The van der Waals surface area contributed by atoms with Crippen molar-refractivity contribution in [3.05, 3.63) is 18.0 Å². The molecule has 2 N–H and O–H groups in total. The third-order valence-electron chi connectivity index (χ3n) is 4.03. The van der Waals surface area contributed by atoms with Crippen molar-refractivity contribution in [1.82, 2.24) is 9.78 Å².